The second-order valence-corrected chi connectivity index (χ2v) is 3.71. The van der Waals surface area contributed by atoms with E-state index in [9.17, 15) is 0 Å². The van der Waals surface area contributed by atoms with Crippen molar-refractivity contribution in [3.63, 3.8) is 0 Å². The molecule has 88 valence electrons. The predicted octanol–water partition coefficient (Wildman–Crippen LogP) is 0.145. The summed E-state index contributed by atoms with van der Waals surface area (Å²) >= 11 is 0. The van der Waals surface area contributed by atoms with Crippen LogP contribution in [0.1, 0.15) is 39.5 Å². The molecule has 0 fully saturated rings. The maximum absolute atomic E-state index is 5.31. The Hall–Kier alpha value is -0.160. The number of hydrogen-bond donors (Lipinski definition) is 4. The molecule has 0 aliphatic rings. The van der Waals surface area contributed by atoms with Gasteiger partial charge in [0.1, 0.15) is 0 Å². The molecule has 0 aliphatic heterocycles. The van der Waals surface area contributed by atoms with Crippen molar-refractivity contribution in [2.24, 2.45) is 22.9 Å². The monoisotopic (exact) mass is 204 g/mol. The minimum absolute atomic E-state index is 0.130. The summed E-state index contributed by atoms with van der Waals surface area (Å²) in [5.41, 5.74) is 21.2. The minimum atomic E-state index is 0.130. The fourth-order valence-electron chi connectivity index (χ4n) is 0.642. The van der Waals surface area contributed by atoms with Gasteiger partial charge in [-0.1, -0.05) is 12.8 Å². The largest absolute Gasteiger partial charge is 0.330 e. The second-order valence-electron chi connectivity index (χ2n) is 3.71. The number of unbranched alkanes of at least 4 members (excludes halogenated alkanes) is 3. The highest BCUT2D eigenvalue weighted by Crippen LogP contribution is 1.95. The molecule has 0 spiro atoms. The van der Waals surface area contributed by atoms with Gasteiger partial charge < -0.3 is 22.9 Å². The normalized spacial score (nSPS) is 14.1. The van der Waals surface area contributed by atoms with Crippen LogP contribution >= 0.6 is 0 Å². The molecule has 0 saturated carbocycles. The van der Waals surface area contributed by atoms with Crippen molar-refractivity contribution in [1.82, 2.24) is 0 Å². The van der Waals surface area contributed by atoms with Gasteiger partial charge in [0.25, 0.3) is 0 Å². The lowest BCUT2D eigenvalue weighted by molar-refractivity contribution is 0.603. The van der Waals surface area contributed by atoms with Crippen molar-refractivity contribution in [3.05, 3.63) is 0 Å². The third kappa shape index (κ3) is 17.8. The molecule has 4 nitrogen and oxygen atoms in total. The predicted molar refractivity (Wildman–Crippen MR) is 63.9 cm³/mol. The molecule has 0 bridgehead atoms. The Kier molecular flexibility index (Phi) is 14.9. The minimum Gasteiger partial charge on any atom is -0.330 e. The van der Waals surface area contributed by atoms with E-state index in [1.54, 1.807) is 0 Å². The molecule has 0 aromatic heterocycles. The summed E-state index contributed by atoms with van der Waals surface area (Å²) in [5, 5.41) is 0. The van der Waals surface area contributed by atoms with E-state index in [1.807, 2.05) is 13.8 Å². The molecular formula is C10H28N4. The Morgan fingerprint density at radius 2 is 1.00 bits per heavy atom. The molecule has 0 aliphatic carbocycles. The molecule has 8 N–H and O–H groups in total. The van der Waals surface area contributed by atoms with Gasteiger partial charge in [-0.2, -0.15) is 0 Å². The Balaban J connectivity index is 0. The summed E-state index contributed by atoms with van der Waals surface area (Å²) in [6.45, 7) is 5.43. The second kappa shape index (κ2) is 12.8. The first-order valence-electron chi connectivity index (χ1n) is 5.47. The van der Waals surface area contributed by atoms with Gasteiger partial charge in [0.05, 0.1) is 0 Å². The van der Waals surface area contributed by atoms with E-state index in [1.165, 1.54) is 12.8 Å². The lowest BCUT2D eigenvalue weighted by atomic mass is 10.2. The van der Waals surface area contributed by atoms with Gasteiger partial charge in [-0.05, 0) is 39.8 Å². The topological polar surface area (TPSA) is 104 Å². The first-order valence-corrected chi connectivity index (χ1v) is 5.47. The van der Waals surface area contributed by atoms with Crippen molar-refractivity contribution in [1.29, 1.82) is 0 Å². The van der Waals surface area contributed by atoms with Crippen LogP contribution in [0.5, 0.6) is 0 Å². The van der Waals surface area contributed by atoms with Crippen LogP contribution in [-0.4, -0.2) is 25.2 Å². The molecule has 0 amide bonds. The summed E-state index contributed by atoms with van der Waals surface area (Å²) in [6, 6.07) is 0.259. The summed E-state index contributed by atoms with van der Waals surface area (Å²) in [7, 11) is 0. The van der Waals surface area contributed by atoms with Crippen molar-refractivity contribution < 1.29 is 0 Å². The Morgan fingerprint density at radius 1 is 0.714 bits per heavy atom. The first kappa shape index (κ1) is 16.3. The maximum atomic E-state index is 5.31. The van der Waals surface area contributed by atoms with E-state index in [2.05, 4.69) is 0 Å². The van der Waals surface area contributed by atoms with Gasteiger partial charge in [0.15, 0.2) is 0 Å². The standard InChI is InChI=1S/C6H16N2.C4H12N2/c7-5-3-1-2-4-6-8;1-3(5)4(2)6/h1-8H2;3-4H,5-6H2,1-2H3. The van der Waals surface area contributed by atoms with Gasteiger partial charge in [0, 0.05) is 12.1 Å². The number of rotatable bonds is 6. The average molecular weight is 204 g/mol. The van der Waals surface area contributed by atoms with E-state index in [0.29, 0.717) is 0 Å². The fraction of sp³-hybridized carbons (Fsp3) is 1.00. The van der Waals surface area contributed by atoms with Gasteiger partial charge in [-0.15, -0.1) is 0 Å². The number of nitrogens with two attached hydrogens (primary N) is 4. The molecule has 0 rings (SSSR count). The van der Waals surface area contributed by atoms with Crippen LogP contribution in [-0.2, 0) is 0 Å². The van der Waals surface area contributed by atoms with E-state index in [4.69, 9.17) is 22.9 Å². The third-order valence-electron chi connectivity index (χ3n) is 1.99. The van der Waals surface area contributed by atoms with E-state index >= 15 is 0 Å². The molecule has 0 radical (unpaired) electrons. The molecule has 2 unspecified atom stereocenters. The fourth-order valence-corrected chi connectivity index (χ4v) is 0.642. The van der Waals surface area contributed by atoms with Crippen LogP contribution in [0.4, 0.5) is 0 Å². The van der Waals surface area contributed by atoms with Crippen LogP contribution in [0.2, 0.25) is 0 Å². The Labute approximate surface area is 88.4 Å². The van der Waals surface area contributed by atoms with Crippen LogP contribution in [0.15, 0.2) is 0 Å². The lowest BCUT2D eigenvalue weighted by Crippen LogP contribution is -2.35. The Morgan fingerprint density at radius 3 is 1.14 bits per heavy atom. The van der Waals surface area contributed by atoms with Crippen LogP contribution in [0.25, 0.3) is 0 Å². The van der Waals surface area contributed by atoms with E-state index in [0.717, 1.165) is 25.9 Å². The highest BCUT2D eigenvalue weighted by Gasteiger charge is 1.96. The molecule has 0 saturated heterocycles. The zero-order chi connectivity index (χ0) is 11.4. The smallest absolute Gasteiger partial charge is 0.0160 e. The van der Waals surface area contributed by atoms with Gasteiger partial charge in [-0.3, -0.25) is 0 Å². The van der Waals surface area contributed by atoms with Gasteiger partial charge in [0.2, 0.25) is 0 Å². The summed E-state index contributed by atoms with van der Waals surface area (Å²) < 4.78 is 0. The van der Waals surface area contributed by atoms with Crippen LogP contribution in [0, 0.1) is 0 Å². The SMILES string of the molecule is CC(N)C(C)N.NCCCCCCN. The molecule has 0 aromatic carbocycles. The lowest BCUT2D eigenvalue weighted by Gasteiger charge is -2.06. The molecule has 4 heteroatoms. The quantitative estimate of drug-likeness (QED) is 0.462. The highest BCUT2D eigenvalue weighted by molar-refractivity contribution is 4.63. The summed E-state index contributed by atoms with van der Waals surface area (Å²) in [5.74, 6) is 0. The van der Waals surface area contributed by atoms with Crippen LogP contribution in [0.3, 0.4) is 0 Å². The zero-order valence-electron chi connectivity index (χ0n) is 9.71. The van der Waals surface area contributed by atoms with Crippen molar-refractivity contribution in [2.75, 3.05) is 13.1 Å². The average Bonchev–Trinajstić information content (AvgIpc) is 2.13. The zero-order valence-corrected chi connectivity index (χ0v) is 9.71. The molecule has 0 heterocycles. The van der Waals surface area contributed by atoms with E-state index < -0.39 is 0 Å². The number of hydrogen-bond acceptors (Lipinski definition) is 4. The molecule has 2 atom stereocenters. The summed E-state index contributed by atoms with van der Waals surface area (Å²) in [4.78, 5) is 0. The molecule has 14 heavy (non-hydrogen) atoms. The van der Waals surface area contributed by atoms with Crippen molar-refractivity contribution in [3.8, 4) is 0 Å². The highest BCUT2D eigenvalue weighted by atomic mass is 14.7. The molecule has 0 aromatic rings. The van der Waals surface area contributed by atoms with Crippen LogP contribution < -0.4 is 22.9 Å². The van der Waals surface area contributed by atoms with Gasteiger partial charge in [-0.25, -0.2) is 0 Å². The van der Waals surface area contributed by atoms with Crippen molar-refractivity contribution in [2.45, 2.75) is 51.6 Å². The maximum Gasteiger partial charge on any atom is 0.0160 e. The van der Waals surface area contributed by atoms with Crippen molar-refractivity contribution >= 4 is 0 Å². The Bertz CT molecular complexity index is 82.1. The van der Waals surface area contributed by atoms with Gasteiger partial charge >= 0.3 is 0 Å². The third-order valence-corrected chi connectivity index (χ3v) is 1.99. The first-order chi connectivity index (χ1) is 6.56. The molecular weight excluding hydrogens is 176 g/mol. The summed E-state index contributed by atoms with van der Waals surface area (Å²) in [6.07, 6.45) is 4.79. The van der Waals surface area contributed by atoms with E-state index in [-0.39, 0.29) is 12.1 Å².